The van der Waals surface area contributed by atoms with Crippen LogP contribution < -0.4 is 16.6 Å². The van der Waals surface area contributed by atoms with Gasteiger partial charge in [0, 0.05) is 6.54 Å². The molecule has 4 nitrogen and oxygen atoms in total. The van der Waals surface area contributed by atoms with Gasteiger partial charge in [0.05, 0.1) is 10.0 Å². The SMILES string of the molecule is CCC1CCC(CNc2nc(NN)c(Cl)cc2Cl)CC1. The van der Waals surface area contributed by atoms with Gasteiger partial charge in [-0.05, 0) is 30.7 Å². The van der Waals surface area contributed by atoms with Crippen LogP contribution in [0.15, 0.2) is 6.07 Å². The lowest BCUT2D eigenvalue weighted by Gasteiger charge is -2.28. The lowest BCUT2D eigenvalue weighted by Crippen LogP contribution is -2.21. The predicted octanol–water partition coefficient (Wildman–Crippen LogP) is 4.30. The minimum absolute atomic E-state index is 0.423. The molecule has 1 aliphatic rings. The van der Waals surface area contributed by atoms with E-state index in [1.165, 1.54) is 32.1 Å². The van der Waals surface area contributed by atoms with Crippen molar-refractivity contribution in [1.29, 1.82) is 0 Å². The number of nitrogens with one attached hydrogen (secondary N) is 2. The van der Waals surface area contributed by atoms with Crippen LogP contribution in [-0.2, 0) is 0 Å². The first kappa shape index (κ1) is 15.7. The maximum Gasteiger partial charge on any atom is 0.161 e. The zero-order chi connectivity index (χ0) is 14.5. The summed E-state index contributed by atoms with van der Waals surface area (Å²) in [6.45, 7) is 3.18. The number of aromatic nitrogens is 1. The summed E-state index contributed by atoms with van der Waals surface area (Å²) >= 11 is 12.1. The number of hydrogen-bond acceptors (Lipinski definition) is 4. The number of hydrazine groups is 1. The number of nitrogen functional groups attached to an aromatic ring is 1. The van der Waals surface area contributed by atoms with Crippen molar-refractivity contribution < 1.29 is 0 Å². The van der Waals surface area contributed by atoms with Crippen molar-refractivity contribution >= 4 is 34.8 Å². The number of halogens is 2. The highest BCUT2D eigenvalue weighted by atomic mass is 35.5. The molecule has 0 unspecified atom stereocenters. The quantitative estimate of drug-likeness (QED) is 0.559. The first-order valence-corrected chi connectivity index (χ1v) is 7.96. The molecule has 4 N–H and O–H groups in total. The topological polar surface area (TPSA) is 63.0 Å². The molecule has 1 saturated carbocycles. The van der Waals surface area contributed by atoms with Gasteiger partial charge in [-0.25, -0.2) is 10.8 Å². The molecule has 0 bridgehead atoms. The van der Waals surface area contributed by atoms with Gasteiger partial charge < -0.3 is 10.7 Å². The number of rotatable bonds is 5. The molecule has 0 saturated heterocycles. The third-order valence-electron chi connectivity index (χ3n) is 4.17. The highest BCUT2D eigenvalue weighted by molar-refractivity contribution is 6.37. The van der Waals surface area contributed by atoms with Gasteiger partial charge in [-0.15, -0.1) is 0 Å². The van der Waals surface area contributed by atoms with Crippen LogP contribution in [0.5, 0.6) is 0 Å². The first-order chi connectivity index (χ1) is 9.63. The third-order valence-corrected chi connectivity index (χ3v) is 4.74. The molecule has 0 atom stereocenters. The van der Waals surface area contributed by atoms with E-state index >= 15 is 0 Å². The van der Waals surface area contributed by atoms with E-state index in [1.54, 1.807) is 6.07 Å². The summed E-state index contributed by atoms with van der Waals surface area (Å²) in [4.78, 5) is 4.29. The van der Waals surface area contributed by atoms with Gasteiger partial charge in [0.2, 0.25) is 0 Å². The lowest BCUT2D eigenvalue weighted by atomic mass is 9.81. The minimum atomic E-state index is 0.423. The van der Waals surface area contributed by atoms with E-state index in [2.05, 4.69) is 22.7 Å². The van der Waals surface area contributed by atoms with Gasteiger partial charge in [0.15, 0.2) is 5.82 Å². The van der Waals surface area contributed by atoms with Crippen molar-refractivity contribution in [2.75, 3.05) is 17.3 Å². The molecule has 1 aromatic rings. The van der Waals surface area contributed by atoms with Crippen LogP contribution in [0.3, 0.4) is 0 Å². The normalized spacial score (nSPS) is 22.6. The highest BCUT2D eigenvalue weighted by Crippen LogP contribution is 2.32. The van der Waals surface area contributed by atoms with Crippen LogP contribution in [0.4, 0.5) is 11.6 Å². The van der Waals surface area contributed by atoms with Crippen molar-refractivity contribution in [3.05, 3.63) is 16.1 Å². The second kappa shape index (κ2) is 7.34. The molecule has 0 radical (unpaired) electrons. The van der Waals surface area contributed by atoms with E-state index in [-0.39, 0.29) is 0 Å². The van der Waals surface area contributed by atoms with Crippen LogP contribution in [0.1, 0.15) is 39.0 Å². The van der Waals surface area contributed by atoms with E-state index in [0.717, 1.165) is 12.5 Å². The van der Waals surface area contributed by atoms with Gasteiger partial charge in [-0.3, -0.25) is 0 Å². The Morgan fingerprint density at radius 3 is 2.35 bits per heavy atom. The third kappa shape index (κ3) is 3.90. The van der Waals surface area contributed by atoms with Gasteiger partial charge in [-0.1, -0.05) is 49.4 Å². The van der Waals surface area contributed by atoms with Crippen molar-refractivity contribution in [1.82, 2.24) is 4.98 Å². The van der Waals surface area contributed by atoms with E-state index in [1.807, 2.05) is 0 Å². The van der Waals surface area contributed by atoms with Gasteiger partial charge in [0.1, 0.15) is 5.82 Å². The largest absolute Gasteiger partial charge is 0.368 e. The number of hydrogen-bond donors (Lipinski definition) is 3. The monoisotopic (exact) mass is 316 g/mol. The first-order valence-electron chi connectivity index (χ1n) is 7.20. The molecule has 112 valence electrons. The van der Waals surface area contributed by atoms with E-state index in [9.17, 15) is 0 Å². The Morgan fingerprint density at radius 1 is 1.15 bits per heavy atom. The zero-order valence-electron chi connectivity index (χ0n) is 11.8. The molecule has 6 heteroatoms. The van der Waals surface area contributed by atoms with E-state index in [0.29, 0.717) is 27.6 Å². The summed E-state index contributed by atoms with van der Waals surface area (Å²) in [5.41, 5.74) is 2.47. The maximum atomic E-state index is 6.14. The van der Waals surface area contributed by atoms with Gasteiger partial charge in [0.25, 0.3) is 0 Å². The average Bonchev–Trinajstić information content (AvgIpc) is 2.47. The lowest BCUT2D eigenvalue weighted by molar-refractivity contribution is 0.278. The fraction of sp³-hybridized carbons (Fsp3) is 0.643. The molecule has 0 amide bonds. The zero-order valence-corrected chi connectivity index (χ0v) is 13.3. The van der Waals surface area contributed by atoms with Crippen molar-refractivity contribution in [2.24, 2.45) is 17.7 Å². The Morgan fingerprint density at radius 2 is 1.75 bits per heavy atom. The molecule has 1 heterocycles. The second-order valence-corrected chi connectivity index (χ2v) is 6.28. The van der Waals surface area contributed by atoms with Crippen LogP contribution in [0, 0.1) is 11.8 Å². The molecule has 20 heavy (non-hydrogen) atoms. The second-order valence-electron chi connectivity index (χ2n) is 5.47. The maximum absolute atomic E-state index is 6.14. The van der Waals surface area contributed by atoms with E-state index < -0.39 is 0 Å². The summed E-state index contributed by atoms with van der Waals surface area (Å²) < 4.78 is 0. The summed E-state index contributed by atoms with van der Waals surface area (Å²) in [6.07, 6.45) is 6.52. The Bertz CT molecular complexity index is 445. The standard InChI is InChI=1S/C14H22Cl2N4/c1-2-9-3-5-10(6-4-9)8-18-13-11(15)7-12(16)14(19-13)20-17/h7,9-10H,2-6,8,17H2,1H3,(H2,18,19,20). The van der Waals surface area contributed by atoms with E-state index in [4.69, 9.17) is 29.0 Å². The fourth-order valence-electron chi connectivity index (χ4n) is 2.78. The Labute approximate surface area is 130 Å². The van der Waals surface area contributed by atoms with Gasteiger partial charge in [-0.2, -0.15) is 0 Å². The number of pyridine rings is 1. The molecular formula is C14H22Cl2N4. The van der Waals surface area contributed by atoms with Crippen LogP contribution in [-0.4, -0.2) is 11.5 Å². The Hall–Kier alpha value is -0.710. The Kier molecular flexibility index (Phi) is 5.75. The van der Waals surface area contributed by atoms with Gasteiger partial charge >= 0.3 is 0 Å². The average molecular weight is 317 g/mol. The minimum Gasteiger partial charge on any atom is -0.368 e. The summed E-state index contributed by atoms with van der Waals surface area (Å²) in [5, 5.41) is 4.27. The van der Waals surface area contributed by atoms with Crippen LogP contribution in [0.2, 0.25) is 10.0 Å². The summed E-state index contributed by atoms with van der Waals surface area (Å²) in [5.74, 6) is 8.06. The molecule has 1 fully saturated rings. The molecule has 1 aromatic heterocycles. The smallest absolute Gasteiger partial charge is 0.161 e. The Balaban J connectivity index is 1.91. The van der Waals surface area contributed by atoms with Crippen LogP contribution in [0.25, 0.3) is 0 Å². The molecule has 0 aliphatic heterocycles. The summed E-state index contributed by atoms with van der Waals surface area (Å²) in [6, 6.07) is 1.65. The molecular weight excluding hydrogens is 295 g/mol. The molecule has 2 rings (SSSR count). The summed E-state index contributed by atoms with van der Waals surface area (Å²) in [7, 11) is 0. The molecule has 0 spiro atoms. The van der Waals surface area contributed by atoms with Crippen LogP contribution >= 0.6 is 23.2 Å². The molecule has 0 aromatic carbocycles. The van der Waals surface area contributed by atoms with Crippen molar-refractivity contribution in [3.63, 3.8) is 0 Å². The number of anilines is 2. The van der Waals surface area contributed by atoms with Crippen molar-refractivity contribution in [2.45, 2.75) is 39.0 Å². The highest BCUT2D eigenvalue weighted by Gasteiger charge is 2.20. The number of nitrogens with two attached hydrogens (primary N) is 1. The fourth-order valence-corrected chi connectivity index (χ4v) is 3.26. The predicted molar refractivity (Wildman–Crippen MR) is 86.3 cm³/mol. The molecule has 1 aliphatic carbocycles. The number of nitrogens with zero attached hydrogens (tertiary/aromatic N) is 1. The van der Waals surface area contributed by atoms with Crippen molar-refractivity contribution in [3.8, 4) is 0 Å².